The summed E-state index contributed by atoms with van der Waals surface area (Å²) < 4.78 is 17.7. The van der Waals surface area contributed by atoms with E-state index in [0.717, 1.165) is 38.1 Å². The van der Waals surface area contributed by atoms with Crippen molar-refractivity contribution in [2.24, 2.45) is 33.7 Å². The first kappa shape index (κ1) is 72.4. The minimum atomic E-state index is -2.68. The molecule has 9 rings (SSSR count). The highest BCUT2D eigenvalue weighted by atomic mass is 33.1. The number of guanidine groups is 1. The molecule has 14 atom stereocenters. The van der Waals surface area contributed by atoms with Crippen molar-refractivity contribution in [2.75, 3.05) is 83.5 Å². The lowest BCUT2D eigenvalue weighted by Gasteiger charge is -2.63. The Labute approximate surface area is 562 Å². The van der Waals surface area contributed by atoms with Crippen molar-refractivity contribution in [1.29, 1.82) is 0 Å². The Morgan fingerprint density at radius 1 is 0.854 bits per heavy atom. The predicted octanol–water partition coefficient (Wildman–Crippen LogP) is 0.564. The smallest absolute Gasteiger partial charge is 0.426 e. The van der Waals surface area contributed by atoms with Gasteiger partial charge in [0, 0.05) is 108 Å². The van der Waals surface area contributed by atoms with E-state index in [-0.39, 0.29) is 55.8 Å². The van der Waals surface area contributed by atoms with E-state index in [1.807, 2.05) is 62.4 Å². The fourth-order valence-corrected chi connectivity index (χ4v) is 18.1. The van der Waals surface area contributed by atoms with E-state index in [4.69, 9.17) is 25.7 Å². The number of nitrogens with zero attached hydrogens (tertiary/aromatic N) is 4. The molecule has 96 heavy (non-hydrogen) atoms. The molecule has 1 unspecified atom stereocenters. The Bertz CT molecular complexity index is 3560. The number of ether oxygens (including phenoxy) is 3. The maximum atomic E-state index is 15.6. The lowest BCUT2D eigenvalue weighted by molar-refractivity contribution is -0.204. The van der Waals surface area contributed by atoms with Crippen LogP contribution in [0.1, 0.15) is 101 Å². The van der Waals surface area contributed by atoms with E-state index >= 15 is 9.59 Å². The number of hydrogen-bond donors (Lipinski definition) is 14. The summed E-state index contributed by atoms with van der Waals surface area (Å²) in [5, 5.41) is 75.4. The van der Waals surface area contributed by atoms with E-state index in [2.05, 4.69) is 46.6 Å². The molecule has 1 aromatic heterocycles. The normalized spacial score (nSPS) is 28.2. The second kappa shape index (κ2) is 29.5. The first-order valence-corrected chi connectivity index (χ1v) is 34.6. The number of para-hydroxylation sites is 1. The van der Waals surface area contributed by atoms with E-state index in [1.165, 1.54) is 21.1 Å². The number of hydrogen-bond acceptors (Lipinski definition) is 21. The number of carboxylic acid groups (broad SMARTS) is 3. The number of nitrogens with two attached hydrogens (primary N) is 2. The number of carbonyl (C=O) groups is 9. The van der Waals surface area contributed by atoms with E-state index in [9.17, 15) is 64.2 Å². The summed E-state index contributed by atoms with van der Waals surface area (Å²) in [6.45, 7) is 7.95. The Morgan fingerprint density at radius 3 is 2.19 bits per heavy atom. The molecule has 524 valence electrons. The summed E-state index contributed by atoms with van der Waals surface area (Å²) >= 11 is 0. The van der Waals surface area contributed by atoms with Gasteiger partial charge in [0.25, 0.3) is 5.91 Å². The van der Waals surface area contributed by atoms with Gasteiger partial charge >= 0.3 is 30.0 Å². The number of aliphatic hydroxyl groups excluding tert-OH is 1. The topological polar surface area (TPSA) is 453 Å². The molecule has 1 spiro atoms. The van der Waals surface area contributed by atoms with E-state index in [0.29, 0.717) is 93.1 Å². The number of fused-ring (bicyclic) bond motifs is 6. The molecular formula is C64H88N12O18S2. The van der Waals surface area contributed by atoms with Crippen LogP contribution in [0.5, 0.6) is 5.75 Å². The molecule has 16 N–H and O–H groups in total. The van der Waals surface area contributed by atoms with Gasteiger partial charge in [-0.25, -0.2) is 15.0 Å². The molecule has 30 nitrogen and oxygen atoms in total. The minimum Gasteiger partial charge on any atom is -0.496 e. The maximum Gasteiger partial charge on any atom is 0.426 e. The highest BCUT2D eigenvalue weighted by Gasteiger charge is 2.79. The van der Waals surface area contributed by atoms with Gasteiger partial charge in [0.15, 0.2) is 11.6 Å². The van der Waals surface area contributed by atoms with Gasteiger partial charge in [-0.3, -0.25) is 53.8 Å². The number of aliphatic carboxylic acids is 3. The number of piperidine rings is 1. The van der Waals surface area contributed by atoms with Gasteiger partial charge in [-0.05, 0) is 87.1 Å². The van der Waals surface area contributed by atoms with Crippen LogP contribution in [-0.4, -0.2) is 231 Å². The van der Waals surface area contributed by atoms with Crippen LogP contribution >= 0.6 is 21.6 Å². The number of aromatic nitrogens is 1. The predicted molar refractivity (Wildman–Crippen MR) is 353 cm³/mol. The number of carboxylic acids is 3. The summed E-state index contributed by atoms with van der Waals surface area (Å²) in [7, 11) is 6.53. The number of aliphatic imine (C=N–C) groups is 1. The summed E-state index contributed by atoms with van der Waals surface area (Å²) in [6.07, 6.45) is 1.79. The number of aromatic amines is 1. The number of carbonyl (C=O) groups excluding carboxylic acids is 6. The van der Waals surface area contributed by atoms with Gasteiger partial charge in [0.1, 0.15) is 42.0 Å². The van der Waals surface area contributed by atoms with Crippen molar-refractivity contribution >= 4 is 97.7 Å². The van der Waals surface area contributed by atoms with Crippen LogP contribution in [0.3, 0.4) is 0 Å². The molecule has 2 aromatic carbocycles. The molecule has 3 fully saturated rings. The van der Waals surface area contributed by atoms with Gasteiger partial charge in [-0.15, -0.1) is 0 Å². The minimum absolute atomic E-state index is 0.0134. The third-order valence-electron chi connectivity index (χ3n) is 20.4. The van der Waals surface area contributed by atoms with Crippen molar-refractivity contribution in [3.8, 4) is 5.75 Å². The number of methoxy groups -OCH3 is 2. The van der Waals surface area contributed by atoms with E-state index in [1.54, 1.807) is 11.9 Å². The van der Waals surface area contributed by atoms with Gasteiger partial charge < -0.3 is 82.2 Å². The molecule has 5 aliphatic heterocycles. The quantitative estimate of drug-likeness (QED) is 0.00943. The molecular weight excluding hydrogens is 1290 g/mol. The standard InChI is InChI=1S/C64H88N12O18S2/c1-7-60(90)29-35-30-63(57(88)93-6,48-37(16-21-75(31-35)33-60)36-14-9-10-15-40(36)68-48)39-25-38-44(28-45(39)92-5)74(4)54-62(38)18-22-76-20-12-17-61(8-2,53(62)76)55(86)64(54,91)56(87)72-73-59(89)94-23-24-95-96-32-43(52(84)85)71-51(83)42(27-47(79)80)70-50(82)41(26-46(77)78)69-49(81)34(3)13-11-19-67-58(65)66/h9-10,12,14-15,17,25,28,34-35,41-43,53-55,68,86,90-91H,7-8,11,13,16,18-24,26-27,29-33H2,1-6H3,(H,69,81)(H,70,82)(H,71,83)(H,72,87)(H,73,89)(H,77,78)(H,79,80)(H,84,85)(H4,65,66,67)/t34-,35+,41-,42-,43-,53-,54+,55+,60-,61+,62+,63-,64-/m0/s1. The highest BCUT2D eigenvalue weighted by Crippen LogP contribution is 2.68. The first-order chi connectivity index (χ1) is 45.6. The van der Waals surface area contributed by atoms with Crippen molar-refractivity contribution in [2.45, 2.75) is 143 Å². The summed E-state index contributed by atoms with van der Waals surface area (Å²) in [4.78, 5) is 134. The summed E-state index contributed by atoms with van der Waals surface area (Å²) in [6, 6.07) is 4.64. The number of hydrazine groups is 1. The molecule has 5 amide bonds. The van der Waals surface area contributed by atoms with Gasteiger partial charge in [0.2, 0.25) is 17.7 Å². The van der Waals surface area contributed by atoms with Gasteiger partial charge in [-0.2, -0.15) is 0 Å². The van der Waals surface area contributed by atoms with Crippen LogP contribution in [0.2, 0.25) is 0 Å². The van der Waals surface area contributed by atoms with E-state index < -0.39 is 136 Å². The third kappa shape index (κ3) is 13.7. The Hall–Kier alpha value is -7.88. The van der Waals surface area contributed by atoms with Gasteiger partial charge in [-0.1, -0.05) is 72.7 Å². The van der Waals surface area contributed by atoms with Crippen LogP contribution in [0, 0.1) is 17.3 Å². The molecule has 32 heteroatoms. The van der Waals surface area contributed by atoms with Crippen molar-refractivity contribution < 1.29 is 88.0 Å². The van der Waals surface area contributed by atoms with Gasteiger partial charge in [0.05, 0.1) is 38.7 Å². The third-order valence-corrected chi connectivity index (χ3v) is 22.8. The number of anilines is 1. The lowest BCUT2D eigenvalue weighted by atomic mass is 9.47. The first-order valence-electron chi connectivity index (χ1n) is 32.1. The number of nitrogens with one attached hydrogen (secondary N) is 6. The Morgan fingerprint density at radius 2 is 1.54 bits per heavy atom. The summed E-state index contributed by atoms with van der Waals surface area (Å²) in [5.74, 6) is -10.7. The average Bonchev–Trinajstić information content (AvgIpc) is 1.46. The number of aliphatic hydroxyl groups is 3. The molecule has 1 saturated carbocycles. The van der Waals surface area contributed by atoms with Crippen molar-refractivity contribution in [3.05, 3.63) is 70.9 Å². The Kier molecular flexibility index (Phi) is 22.2. The van der Waals surface area contributed by atoms with Crippen molar-refractivity contribution in [3.63, 3.8) is 0 Å². The number of amides is 5. The number of H-pyrrole nitrogens is 1. The second-order valence-electron chi connectivity index (χ2n) is 26.0. The van der Waals surface area contributed by atoms with Crippen molar-refractivity contribution in [1.82, 2.24) is 41.6 Å². The zero-order chi connectivity index (χ0) is 69.8. The SMILES string of the molecule is CC[C@]1(O)C[C@H]2CN(CCc3c([nH]c4ccccc34)[C@@](C(=O)OC)(c3cc4c(cc3OC)N(C)[C@H]3[C@@](O)(C(=O)NNC(=O)OCCSSC[C@H](NC(=O)[C@H](CC(=O)O)NC(=O)[C@H](CC(=O)O)NC(=O)[C@@H](C)CCCN=C(N)N)C(=O)O)[C@H](O)[C@]5(CC)C=CCN6CC[C@]43[C@@H]65)C2)C1. The van der Waals surface area contributed by atoms with Crippen LogP contribution in [0.15, 0.2) is 53.5 Å². The zero-order valence-corrected chi connectivity index (χ0v) is 56.1. The molecule has 6 aliphatic rings. The highest BCUT2D eigenvalue weighted by molar-refractivity contribution is 8.76. The molecule has 1 aliphatic carbocycles. The molecule has 6 heterocycles. The van der Waals surface area contributed by atoms with Crippen LogP contribution in [-0.2, 0) is 65.1 Å². The average molecular weight is 1380 g/mol. The molecule has 0 radical (unpaired) electrons. The largest absolute Gasteiger partial charge is 0.496 e. The zero-order valence-electron chi connectivity index (χ0n) is 54.5. The number of benzene rings is 2. The molecule has 2 saturated heterocycles. The fourth-order valence-electron chi connectivity index (χ4n) is 16.2. The summed E-state index contributed by atoms with van der Waals surface area (Å²) in [5.41, 5.74) is 11.7. The number of esters is 1. The van der Waals surface area contributed by atoms with Crippen LogP contribution < -0.4 is 47.9 Å². The van der Waals surface area contributed by atoms with Crippen LogP contribution in [0.4, 0.5) is 10.5 Å². The monoisotopic (exact) mass is 1380 g/mol. The molecule has 3 aromatic rings. The number of rotatable bonds is 27. The fraction of sp³-hybridized carbons (Fsp3) is 0.594. The molecule has 2 bridgehead atoms. The van der Waals surface area contributed by atoms with Crippen LogP contribution in [0.25, 0.3) is 10.9 Å². The Balaban J connectivity index is 0.902. The maximum absolute atomic E-state index is 15.6. The second-order valence-corrected chi connectivity index (χ2v) is 28.6. The number of likely N-dealkylation sites (N-methyl/N-ethyl adjacent to an activating group) is 1. The lowest BCUT2D eigenvalue weighted by Crippen LogP contribution is -2.82.